The van der Waals surface area contributed by atoms with E-state index < -0.39 is 0 Å². The van der Waals surface area contributed by atoms with E-state index in [-0.39, 0.29) is 11.3 Å². The Bertz CT molecular complexity index is 1770. The molecule has 5 aromatic rings. The van der Waals surface area contributed by atoms with Crippen molar-refractivity contribution in [2.24, 2.45) is 16.3 Å². The molecule has 214 valence electrons. The van der Waals surface area contributed by atoms with Gasteiger partial charge in [-0.2, -0.15) is 0 Å². The number of aromatic nitrogens is 1. The van der Waals surface area contributed by atoms with Crippen LogP contribution in [0.1, 0.15) is 64.8 Å². The molecular formula is C36H36BrN3OS. The zero-order chi connectivity index (χ0) is 29.4. The highest BCUT2D eigenvalue weighted by Gasteiger charge is 2.33. The number of nitrogens with one attached hydrogen (secondary N) is 1. The summed E-state index contributed by atoms with van der Waals surface area (Å²) in [6, 6.07) is 26.7. The largest absolute Gasteiger partial charge is 0.340 e. The lowest BCUT2D eigenvalue weighted by Gasteiger charge is -2.33. The Labute approximate surface area is 260 Å². The van der Waals surface area contributed by atoms with E-state index >= 15 is 0 Å². The molecule has 6 heteroatoms. The summed E-state index contributed by atoms with van der Waals surface area (Å²) in [5.41, 5.74) is 7.61. The predicted octanol–water partition coefficient (Wildman–Crippen LogP) is 9.98. The number of anilines is 1. The standard InChI is InChI=1S/C36H36BrN3OS/c1-23-30(28-12-8-9-13-31(28)40(23)22-24-14-17-26(37)18-15-24)21-38-35-33(34(41)39-27-10-6-5-7-11-27)29-19-16-25(36(2,3)4)20-32(29)42-35/h5-15,17-18,21,25H,16,19-20,22H2,1-4H3,(H,39,41)/t25-/m1/s1. The minimum Gasteiger partial charge on any atom is -0.340 e. The Morgan fingerprint density at radius 2 is 1.76 bits per heavy atom. The van der Waals surface area contributed by atoms with E-state index in [2.05, 4.69) is 102 Å². The van der Waals surface area contributed by atoms with Gasteiger partial charge < -0.3 is 9.88 Å². The lowest BCUT2D eigenvalue weighted by Crippen LogP contribution is -2.27. The van der Waals surface area contributed by atoms with Gasteiger partial charge in [-0.05, 0) is 79.0 Å². The fraction of sp³-hybridized carbons (Fsp3) is 0.278. The maximum absolute atomic E-state index is 13.8. The summed E-state index contributed by atoms with van der Waals surface area (Å²) in [7, 11) is 0. The van der Waals surface area contributed by atoms with E-state index in [4.69, 9.17) is 4.99 Å². The van der Waals surface area contributed by atoms with Gasteiger partial charge in [-0.1, -0.05) is 85.2 Å². The zero-order valence-electron chi connectivity index (χ0n) is 24.6. The number of fused-ring (bicyclic) bond motifs is 2. The fourth-order valence-corrected chi connectivity index (χ4v) is 7.60. The summed E-state index contributed by atoms with van der Waals surface area (Å²) in [5, 5.41) is 5.10. The normalized spacial score (nSPS) is 15.3. The number of aliphatic imine (C=N–C) groups is 1. The Morgan fingerprint density at radius 1 is 1.05 bits per heavy atom. The van der Waals surface area contributed by atoms with Crippen molar-refractivity contribution in [1.82, 2.24) is 4.57 Å². The van der Waals surface area contributed by atoms with Crippen molar-refractivity contribution in [3.63, 3.8) is 0 Å². The van der Waals surface area contributed by atoms with Gasteiger partial charge in [0.1, 0.15) is 5.00 Å². The minimum absolute atomic E-state index is 0.0746. The Balaban J connectivity index is 1.40. The highest BCUT2D eigenvalue weighted by molar-refractivity contribution is 9.10. The number of rotatable bonds is 6. The van der Waals surface area contributed by atoms with E-state index in [0.717, 1.165) is 57.8 Å². The predicted molar refractivity (Wildman–Crippen MR) is 181 cm³/mol. The number of nitrogens with zero attached hydrogens (tertiary/aromatic N) is 2. The Kier molecular flexibility index (Phi) is 7.95. The first-order valence-corrected chi connectivity index (χ1v) is 16.2. The second-order valence-corrected chi connectivity index (χ2v) is 14.3. The number of hydrogen-bond acceptors (Lipinski definition) is 3. The molecule has 0 radical (unpaired) electrons. The van der Waals surface area contributed by atoms with Gasteiger partial charge in [-0.25, -0.2) is 4.99 Å². The molecule has 3 aromatic carbocycles. The molecule has 6 rings (SSSR count). The second-order valence-electron chi connectivity index (χ2n) is 12.3. The number of amides is 1. The molecule has 1 aliphatic carbocycles. The van der Waals surface area contributed by atoms with Crippen LogP contribution < -0.4 is 5.32 Å². The average Bonchev–Trinajstić information content (AvgIpc) is 3.47. The molecule has 0 saturated heterocycles. The smallest absolute Gasteiger partial charge is 0.259 e. The van der Waals surface area contributed by atoms with Crippen molar-refractivity contribution in [1.29, 1.82) is 0 Å². The van der Waals surface area contributed by atoms with E-state index in [0.29, 0.717) is 5.92 Å². The third kappa shape index (κ3) is 5.75. The molecule has 1 amide bonds. The van der Waals surface area contributed by atoms with Gasteiger partial charge in [-0.3, -0.25) is 4.79 Å². The quantitative estimate of drug-likeness (QED) is 0.185. The number of thiophene rings is 1. The third-order valence-corrected chi connectivity index (χ3v) is 10.3. The molecule has 0 fully saturated rings. The topological polar surface area (TPSA) is 46.4 Å². The van der Waals surface area contributed by atoms with Gasteiger partial charge in [0, 0.05) is 50.0 Å². The number of carbonyl (C=O) groups is 1. The SMILES string of the molecule is Cc1c(C=Nc2sc3c(c2C(=O)Nc2ccccc2)CC[C@@H](C(C)(C)C)C3)c2ccccc2n1Cc1ccc(Br)cc1. The average molecular weight is 639 g/mol. The van der Waals surface area contributed by atoms with E-state index in [1.54, 1.807) is 11.3 Å². The Morgan fingerprint density at radius 3 is 2.50 bits per heavy atom. The molecule has 1 aliphatic rings. The van der Waals surface area contributed by atoms with Crippen LogP contribution in [-0.4, -0.2) is 16.7 Å². The monoisotopic (exact) mass is 637 g/mol. The van der Waals surface area contributed by atoms with Crippen molar-refractivity contribution in [2.45, 2.75) is 53.5 Å². The van der Waals surface area contributed by atoms with Gasteiger partial charge in [0.25, 0.3) is 5.91 Å². The first-order valence-electron chi connectivity index (χ1n) is 14.6. The molecular weight excluding hydrogens is 602 g/mol. The molecule has 1 N–H and O–H groups in total. The number of hydrogen-bond donors (Lipinski definition) is 1. The highest BCUT2D eigenvalue weighted by Crippen LogP contribution is 2.45. The Hall–Kier alpha value is -3.48. The number of para-hydroxylation sites is 2. The van der Waals surface area contributed by atoms with Crippen molar-refractivity contribution >= 4 is 61.0 Å². The van der Waals surface area contributed by atoms with Crippen molar-refractivity contribution < 1.29 is 4.79 Å². The lowest BCUT2D eigenvalue weighted by molar-refractivity contribution is 0.102. The maximum Gasteiger partial charge on any atom is 0.259 e. The van der Waals surface area contributed by atoms with E-state index in [1.165, 1.54) is 26.9 Å². The number of carbonyl (C=O) groups excluding carboxylic acids is 1. The van der Waals surface area contributed by atoms with Gasteiger partial charge in [0.2, 0.25) is 0 Å². The van der Waals surface area contributed by atoms with Crippen LogP contribution in [0.15, 0.2) is 88.3 Å². The molecule has 2 aromatic heterocycles. The van der Waals surface area contributed by atoms with Crippen LogP contribution in [0.2, 0.25) is 0 Å². The van der Waals surface area contributed by atoms with Gasteiger partial charge in [-0.15, -0.1) is 11.3 Å². The van der Waals surface area contributed by atoms with Crippen molar-refractivity contribution in [3.05, 3.63) is 116 Å². The summed E-state index contributed by atoms with van der Waals surface area (Å²) in [6.45, 7) is 9.91. The molecule has 4 nitrogen and oxygen atoms in total. The minimum atomic E-state index is -0.0746. The summed E-state index contributed by atoms with van der Waals surface area (Å²) in [4.78, 5) is 20.2. The number of halogens is 1. The van der Waals surface area contributed by atoms with Crippen LogP contribution in [0.25, 0.3) is 10.9 Å². The summed E-state index contributed by atoms with van der Waals surface area (Å²) in [6.07, 6.45) is 4.97. The van der Waals surface area contributed by atoms with Crippen LogP contribution in [-0.2, 0) is 19.4 Å². The first kappa shape index (κ1) is 28.6. The summed E-state index contributed by atoms with van der Waals surface area (Å²) >= 11 is 5.24. The lowest BCUT2D eigenvalue weighted by atomic mass is 9.72. The molecule has 0 aliphatic heterocycles. The summed E-state index contributed by atoms with van der Waals surface area (Å²) in [5.74, 6) is 0.513. The third-order valence-electron chi connectivity index (χ3n) is 8.57. The maximum atomic E-state index is 13.8. The summed E-state index contributed by atoms with van der Waals surface area (Å²) < 4.78 is 3.43. The molecule has 0 bridgehead atoms. The first-order chi connectivity index (χ1) is 20.2. The second kappa shape index (κ2) is 11.7. The highest BCUT2D eigenvalue weighted by atomic mass is 79.9. The van der Waals surface area contributed by atoms with E-state index in [1.807, 2.05) is 36.5 Å². The fourth-order valence-electron chi connectivity index (χ4n) is 6.07. The van der Waals surface area contributed by atoms with Gasteiger partial charge in [0.05, 0.1) is 5.56 Å². The molecule has 1 atom stereocenters. The van der Waals surface area contributed by atoms with Crippen molar-refractivity contribution in [3.8, 4) is 0 Å². The molecule has 42 heavy (non-hydrogen) atoms. The van der Waals surface area contributed by atoms with Crippen LogP contribution in [0.3, 0.4) is 0 Å². The zero-order valence-corrected chi connectivity index (χ0v) is 27.0. The van der Waals surface area contributed by atoms with Crippen LogP contribution in [0.4, 0.5) is 10.7 Å². The van der Waals surface area contributed by atoms with E-state index in [9.17, 15) is 4.79 Å². The number of benzene rings is 3. The van der Waals surface area contributed by atoms with Gasteiger partial charge >= 0.3 is 0 Å². The molecule has 0 saturated carbocycles. The van der Waals surface area contributed by atoms with Crippen LogP contribution in [0.5, 0.6) is 0 Å². The molecule has 0 spiro atoms. The van der Waals surface area contributed by atoms with Crippen LogP contribution in [0, 0.1) is 18.3 Å². The van der Waals surface area contributed by atoms with Crippen molar-refractivity contribution in [2.75, 3.05) is 5.32 Å². The molecule has 2 heterocycles. The van der Waals surface area contributed by atoms with Gasteiger partial charge in [0.15, 0.2) is 0 Å². The van der Waals surface area contributed by atoms with Crippen LogP contribution >= 0.6 is 27.3 Å². The molecule has 0 unspecified atom stereocenters.